The van der Waals surface area contributed by atoms with Gasteiger partial charge < -0.3 is 8.83 Å². The van der Waals surface area contributed by atoms with Crippen LogP contribution in [0.15, 0.2) is 51.5 Å². The fourth-order valence-corrected chi connectivity index (χ4v) is 3.31. The largest absolute Gasteiger partial charge is 0.459 e. The second-order valence-corrected chi connectivity index (χ2v) is 6.46. The molecule has 2 aromatic heterocycles. The van der Waals surface area contributed by atoms with Crippen molar-refractivity contribution in [3.8, 4) is 11.7 Å². The highest BCUT2D eigenvalue weighted by atomic mass is 16.4. The average Bonchev–Trinajstić information content (AvgIpc) is 3.27. The van der Waals surface area contributed by atoms with Gasteiger partial charge in [-0.3, -0.25) is 4.90 Å². The van der Waals surface area contributed by atoms with Gasteiger partial charge in [0.1, 0.15) is 0 Å². The molecule has 4 rings (SSSR count). The summed E-state index contributed by atoms with van der Waals surface area (Å²) in [7, 11) is 0. The van der Waals surface area contributed by atoms with E-state index in [1.165, 1.54) is 11.1 Å². The van der Waals surface area contributed by atoms with E-state index in [4.69, 9.17) is 8.83 Å². The summed E-state index contributed by atoms with van der Waals surface area (Å²) < 4.78 is 11.1. The van der Waals surface area contributed by atoms with Gasteiger partial charge in [0.05, 0.1) is 6.26 Å². The highest BCUT2D eigenvalue weighted by Crippen LogP contribution is 2.30. The van der Waals surface area contributed by atoms with E-state index in [1.807, 2.05) is 12.1 Å². The van der Waals surface area contributed by atoms with E-state index < -0.39 is 0 Å². The molecule has 1 aromatic carbocycles. The quantitative estimate of drug-likeness (QED) is 0.726. The fourth-order valence-electron chi connectivity index (χ4n) is 3.31. The van der Waals surface area contributed by atoms with Gasteiger partial charge in [-0.2, -0.15) is 0 Å². The van der Waals surface area contributed by atoms with E-state index in [1.54, 1.807) is 6.26 Å². The monoisotopic (exact) mass is 323 g/mol. The molecule has 1 fully saturated rings. The van der Waals surface area contributed by atoms with Crippen molar-refractivity contribution in [3.05, 3.63) is 59.7 Å². The van der Waals surface area contributed by atoms with Gasteiger partial charge >= 0.3 is 0 Å². The second-order valence-electron chi connectivity index (χ2n) is 6.46. The Morgan fingerprint density at radius 3 is 2.75 bits per heavy atom. The Labute approximate surface area is 141 Å². The molecule has 0 atom stereocenters. The molecule has 1 aliphatic heterocycles. The number of rotatable bonds is 4. The molecular weight excluding hydrogens is 302 g/mol. The van der Waals surface area contributed by atoms with Crippen molar-refractivity contribution in [1.29, 1.82) is 0 Å². The van der Waals surface area contributed by atoms with E-state index in [-0.39, 0.29) is 0 Å². The molecule has 3 aromatic rings. The molecule has 0 spiro atoms. The van der Waals surface area contributed by atoms with Crippen molar-refractivity contribution in [2.24, 2.45) is 0 Å². The first-order valence-electron chi connectivity index (χ1n) is 8.43. The third-order valence-electron chi connectivity index (χ3n) is 4.60. The zero-order valence-electron chi connectivity index (χ0n) is 13.8. The summed E-state index contributed by atoms with van der Waals surface area (Å²) in [5.41, 5.74) is 2.70. The molecule has 0 unspecified atom stereocenters. The minimum Gasteiger partial charge on any atom is -0.459 e. The third kappa shape index (κ3) is 3.26. The summed E-state index contributed by atoms with van der Waals surface area (Å²) >= 11 is 0. The predicted molar refractivity (Wildman–Crippen MR) is 90.4 cm³/mol. The maximum absolute atomic E-state index is 5.80. The molecule has 5 nitrogen and oxygen atoms in total. The van der Waals surface area contributed by atoms with Gasteiger partial charge in [-0.25, -0.2) is 0 Å². The minimum absolute atomic E-state index is 0.343. The van der Waals surface area contributed by atoms with Gasteiger partial charge in [-0.15, -0.1) is 10.2 Å². The van der Waals surface area contributed by atoms with Crippen LogP contribution in [0, 0.1) is 6.92 Å². The van der Waals surface area contributed by atoms with Crippen LogP contribution < -0.4 is 0 Å². The lowest BCUT2D eigenvalue weighted by atomic mass is 9.96. The molecular formula is C19H21N3O2. The number of benzene rings is 1. The van der Waals surface area contributed by atoms with Gasteiger partial charge in [-0.05, 0) is 50.6 Å². The summed E-state index contributed by atoms with van der Waals surface area (Å²) in [6, 6.07) is 12.4. The zero-order chi connectivity index (χ0) is 16.4. The lowest BCUT2D eigenvalue weighted by molar-refractivity contribution is 0.193. The molecule has 124 valence electrons. The van der Waals surface area contributed by atoms with Crippen molar-refractivity contribution in [1.82, 2.24) is 15.1 Å². The van der Waals surface area contributed by atoms with Crippen molar-refractivity contribution in [3.63, 3.8) is 0 Å². The van der Waals surface area contributed by atoms with Crippen LogP contribution in [0.1, 0.15) is 35.8 Å². The van der Waals surface area contributed by atoms with Gasteiger partial charge in [-0.1, -0.05) is 29.8 Å². The lowest BCUT2D eigenvalue weighted by Crippen LogP contribution is -2.32. The number of piperidine rings is 1. The van der Waals surface area contributed by atoms with E-state index >= 15 is 0 Å². The van der Waals surface area contributed by atoms with Crippen LogP contribution in [-0.2, 0) is 6.54 Å². The zero-order valence-corrected chi connectivity index (χ0v) is 13.8. The SMILES string of the molecule is Cc1cccc(CN2CCC(c3nnc(-c4ccco4)o3)CC2)c1. The van der Waals surface area contributed by atoms with Gasteiger partial charge in [0.25, 0.3) is 5.89 Å². The highest BCUT2D eigenvalue weighted by molar-refractivity contribution is 5.42. The Kier molecular flexibility index (Phi) is 4.17. The van der Waals surface area contributed by atoms with Crippen LogP contribution in [0.5, 0.6) is 0 Å². The first-order valence-corrected chi connectivity index (χ1v) is 8.43. The highest BCUT2D eigenvalue weighted by Gasteiger charge is 2.25. The number of nitrogens with zero attached hydrogens (tertiary/aromatic N) is 3. The second kappa shape index (κ2) is 6.61. The topological polar surface area (TPSA) is 55.3 Å². The number of likely N-dealkylation sites (tertiary alicyclic amines) is 1. The maximum Gasteiger partial charge on any atom is 0.283 e. The summed E-state index contributed by atoms with van der Waals surface area (Å²) in [6.45, 7) is 5.26. The summed E-state index contributed by atoms with van der Waals surface area (Å²) in [5.74, 6) is 2.18. The van der Waals surface area contributed by atoms with Gasteiger partial charge in [0.2, 0.25) is 5.89 Å². The van der Waals surface area contributed by atoms with Crippen LogP contribution in [0.2, 0.25) is 0 Å². The van der Waals surface area contributed by atoms with Gasteiger partial charge in [0, 0.05) is 12.5 Å². The molecule has 5 heteroatoms. The number of hydrogen-bond donors (Lipinski definition) is 0. The van der Waals surface area contributed by atoms with Crippen LogP contribution in [0.25, 0.3) is 11.7 Å². The van der Waals surface area contributed by atoms with E-state index in [2.05, 4.69) is 46.3 Å². The Balaban J connectivity index is 1.36. The number of hydrogen-bond acceptors (Lipinski definition) is 5. The molecule has 0 radical (unpaired) electrons. The molecule has 24 heavy (non-hydrogen) atoms. The van der Waals surface area contributed by atoms with Gasteiger partial charge in [0.15, 0.2) is 5.76 Å². The van der Waals surface area contributed by atoms with E-state index in [0.29, 0.717) is 17.6 Å². The molecule has 1 saturated heterocycles. The Hall–Kier alpha value is -2.40. The maximum atomic E-state index is 5.80. The van der Waals surface area contributed by atoms with Crippen molar-refractivity contribution in [2.75, 3.05) is 13.1 Å². The molecule has 0 bridgehead atoms. The van der Waals surface area contributed by atoms with Crippen LogP contribution >= 0.6 is 0 Å². The summed E-state index contributed by atoms with van der Waals surface area (Å²) in [6.07, 6.45) is 3.71. The Morgan fingerprint density at radius 2 is 2.00 bits per heavy atom. The Morgan fingerprint density at radius 1 is 1.12 bits per heavy atom. The smallest absolute Gasteiger partial charge is 0.283 e. The summed E-state index contributed by atoms with van der Waals surface area (Å²) in [5, 5.41) is 8.33. The number of aryl methyl sites for hydroxylation is 1. The first kappa shape index (κ1) is 15.1. The van der Waals surface area contributed by atoms with Crippen molar-refractivity contribution < 1.29 is 8.83 Å². The standard InChI is InChI=1S/C19H21N3O2/c1-14-4-2-5-15(12-14)13-22-9-7-16(8-10-22)18-20-21-19(24-18)17-6-3-11-23-17/h2-6,11-12,16H,7-10,13H2,1H3. The number of furan rings is 1. The molecule has 0 saturated carbocycles. The van der Waals surface area contributed by atoms with Crippen molar-refractivity contribution >= 4 is 0 Å². The predicted octanol–water partition coefficient (Wildman–Crippen LogP) is 4.02. The van der Waals surface area contributed by atoms with Crippen LogP contribution in [-0.4, -0.2) is 28.2 Å². The normalized spacial score (nSPS) is 16.5. The fraction of sp³-hybridized carbons (Fsp3) is 0.368. The molecule has 0 N–H and O–H groups in total. The molecule has 3 heterocycles. The lowest BCUT2D eigenvalue weighted by Gasteiger charge is -2.30. The molecule has 0 amide bonds. The van der Waals surface area contributed by atoms with Crippen LogP contribution in [0.3, 0.4) is 0 Å². The van der Waals surface area contributed by atoms with Crippen LogP contribution in [0.4, 0.5) is 0 Å². The molecule has 1 aliphatic rings. The van der Waals surface area contributed by atoms with E-state index in [9.17, 15) is 0 Å². The third-order valence-corrected chi connectivity index (χ3v) is 4.60. The molecule has 0 aliphatic carbocycles. The minimum atomic E-state index is 0.343. The first-order chi connectivity index (χ1) is 11.8. The average molecular weight is 323 g/mol. The Bertz CT molecular complexity index is 787. The van der Waals surface area contributed by atoms with E-state index in [0.717, 1.165) is 38.4 Å². The summed E-state index contributed by atoms with van der Waals surface area (Å²) in [4.78, 5) is 2.50. The number of aromatic nitrogens is 2. The van der Waals surface area contributed by atoms with Crippen molar-refractivity contribution in [2.45, 2.75) is 32.2 Å².